The van der Waals surface area contributed by atoms with Gasteiger partial charge < -0.3 is 19.4 Å². The molecule has 0 rings (SSSR count). The van der Waals surface area contributed by atoms with E-state index in [1.165, 1.54) is 0 Å². The minimum Gasteiger partial charge on any atom is -0.402 e. The average Bonchev–Trinajstić information content (AvgIpc) is 1.83. The van der Waals surface area contributed by atoms with Crippen LogP contribution < -0.4 is 0 Å². The van der Waals surface area contributed by atoms with Crippen molar-refractivity contribution in [3.8, 4) is 0 Å². The molecule has 0 aliphatic heterocycles. The van der Waals surface area contributed by atoms with E-state index in [4.69, 9.17) is 14.8 Å². The van der Waals surface area contributed by atoms with Crippen LogP contribution in [0.15, 0.2) is 0 Å². The van der Waals surface area contributed by atoms with Crippen molar-refractivity contribution >= 4 is 15.4 Å². The summed E-state index contributed by atoms with van der Waals surface area (Å²) in [6, 6.07) is 1.05. The van der Waals surface area contributed by atoms with Crippen LogP contribution in [0.2, 0.25) is 25.7 Å². The van der Waals surface area contributed by atoms with Gasteiger partial charge in [0.15, 0.2) is 0 Å². The summed E-state index contributed by atoms with van der Waals surface area (Å²) in [6.45, 7) is 7.32. The lowest BCUT2D eigenvalue weighted by Gasteiger charge is -2.15. The maximum absolute atomic E-state index is 8.27. The molecule has 0 fully saturated rings. The van der Waals surface area contributed by atoms with Crippen LogP contribution in [0.1, 0.15) is 0 Å². The predicted octanol–water partition coefficient (Wildman–Crippen LogP) is 0.285. The summed E-state index contributed by atoms with van der Waals surface area (Å²) in [6.07, 6.45) is 0. The molecule has 0 aliphatic carbocycles. The molecule has 0 amide bonds. The van der Waals surface area contributed by atoms with Crippen molar-refractivity contribution in [1.82, 2.24) is 0 Å². The van der Waals surface area contributed by atoms with Gasteiger partial charge in [-0.15, -0.1) is 0 Å². The molecule has 0 aromatic rings. The van der Waals surface area contributed by atoms with Gasteiger partial charge in [0.05, 0.1) is 0 Å². The summed E-state index contributed by atoms with van der Waals surface area (Å²) < 4.78 is 9.37. The molecule has 0 aromatic heterocycles. The minimum absolute atomic E-state index is 0.0534. The van der Waals surface area contributed by atoms with Crippen LogP contribution in [-0.2, 0) is 9.39 Å². The van der Waals surface area contributed by atoms with Crippen LogP contribution in [0.25, 0.3) is 0 Å². The molecule has 2 N–H and O–H groups in total. The van der Waals surface area contributed by atoms with Crippen LogP contribution in [-0.4, -0.2) is 38.8 Å². The highest BCUT2D eigenvalue weighted by molar-refractivity contribution is 6.76. The average molecular weight is 192 g/mol. The zero-order valence-corrected chi connectivity index (χ0v) is 8.91. The Morgan fingerprint density at radius 2 is 1.83 bits per heavy atom. The Labute approximate surface area is 74.7 Å². The first-order valence-corrected chi connectivity index (χ1v) is 7.68. The Balaban J connectivity index is 3.12. The van der Waals surface area contributed by atoms with E-state index < -0.39 is 15.4 Å². The summed E-state index contributed by atoms with van der Waals surface area (Å²) in [4.78, 5) is 0. The van der Waals surface area contributed by atoms with E-state index in [9.17, 15) is 0 Å². The van der Waals surface area contributed by atoms with Gasteiger partial charge in [-0.1, -0.05) is 19.6 Å². The summed E-state index contributed by atoms with van der Waals surface area (Å²) in [5.41, 5.74) is 0. The van der Waals surface area contributed by atoms with E-state index in [1.54, 1.807) is 0 Å². The second-order valence-electron chi connectivity index (χ2n) is 3.83. The number of ether oxygens (including phenoxy) is 1. The molecule has 0 heterocycles. The highest BCUT2D eigenvalue weighted by Gasteiger charge is 2.12. The van der Waals surface area contributed by atoms with Crippen molar-refractivity contribution in [3.63, 3.8) is 0 Å². The molecule has 0 bridgehead atoms. The van der Waals surface area contributed by atoms with E-state index in [2.05, 4.69) is 24.3 Å². The van der Waals surface area contributed by atoms with E-state index >= 15 is 0 Å². The fraction of sp³-hybridized carbons (Fsp3) is 1.00. The first-order valence-electron chi connectivity index (χ1n) is 3.97. The fourth-order valence-corrected chi connectivity index (χ4v) is 1.30. The van der Waals surface area contributed by atoms with Crippen LogP contribution in [0, 0.1) is 0 Å². The van der Waals surface area contributed by atoms with Crippen molar-refractivity contribution in [2.75, 3.05) is 13.4 Å². The molecule has 72 valence electrons. The molecule has 6 heteroatoms. The van der Waals surface area contributed by atoms with Crippen LogP contribution in [0.3, 0.4) is 0 Å². The van der Waals surface area contributed by atoms with Crippen molar-refractivity contribution in [2.45, 2.75) is 25.7 Å². The van der Waals surface area contributed by atoms with Gasteiger partial charge in [-0.25, -0.2) is 0 Å². The molecule has 0 radical (unpaired) electrons. The number of hydrogen-bond acceptors (Lipinski definition) is 4. The van der Waals surface area contributed by atoms with Crippen LogP contribution in [0.4, 0.5) is 0 Å². The summed E-state index contributed by atoms with van der Waals surface area (Å²) in [7, 11) is -2.77. The topological polar surface area (TPSA) is 58.9 Å². The third-order valence-corrected chi connectivity index (χ3v) is 3.00. The SMILES string of the molecule is C[Si](C)(C)CCOCOB(O)O. The monoisotopic (exact) mass is 192 g/mol. The molecule has 12 heavy (non-hydrogen) atoms. The molecule has 0 aromatic carbocycles. The van der Waals surface area contributed by atoms with E-state index in [0.717, 1.165) is 6.04 Å². The minimum atomic E-state index is -1.73. The Hall–Kier alpha value is 0.122. The molecular weight excluding hydrogens is 175 g/mol. The molecule has 0 spiro atoms. The first kappa shape index (κ1) is 12.1. The molecule has 0 aliphatic rings. The normalized spacial score (nSPS) is 11.8. The molecule has 0 atom stereocenters. The predicted molar refractivity (Wildman–Crippen MR) is 50.2 cm³/mol. The first-order chi connectivity index (χ1) is 5.42. The second-order valence-corrected chi connectivity index (χ2v) is 9.45. The van der Waals surface area contributed by atoms with E-state index in [1.807, 2.05) is 0 Å². The maximum atomic E-state index is 8.27. The van der Waals surface area contributed by atoms with Gasteiger partial charge in [0.25, 0.3) is 0 Å². The van der Waals surface area contributed by atoms with Crippen molar-refractivity contribution < 1.29 is 19.4 Å². The van der Waals surface area contributed by atoms with Gasteiger partial charge in [-0.2, -0.15) is 0 Å². The number of hydrogen-bond donors (Lipinski definition) is 2. The van der Waals surface area contributed by atoms with E-state index in [-0.39, 0.29) is 6.79 Å². The van der Waals surface area contributed by atoms with Gasteiger partial charge in [-0.3, -0.25) is 0 Å². The fourth-order valence-electron chi connectivity index (χ4n) is 0.546. The molecule has 0 unspecified atom stereocenters. The third kappa shape index (κ3) is 10.1. The highest BCUT2D eigenvalue weighted by atomic mass is 28.3. The largest absolute Gasteiger partial charge is 0.635 e. The quantitative estimate of drug-likeness (QED) is 0.360. The standard InChI is InChI=1S/C6H17BO4Si/c1-12(2,3)5-4-10-6-11-7(8)9/h8-9H,4-6H2,1-3H3. The molecule has 0 saturated heterocycles. The molecule has 0 saturated carbocycles. The van der Waals surface area contributed by atoms with Gasteiger partial charge >= 0.3 is 7.32 Å². The summed E-state index contributed by atoms with van der Waals surface area (Å²) >= 11 is 0. The summed E-state index contributed by atoms with van der Waals surface area (Å²) in [5.74, 6) is 0. The Morgan fingerprint density at radius 1 is 1.25 bits per heavy atom. The zero-order chi connectivity index (χ0) is 9.61. The Bertz CT molecular complexity index is 115. The Morgan fingerprint density at radius 3 is 2.25 bits per heavy atom. The lowest BCUT2D eigenvalue weighted by Crippen LogP contribution is -2.23. The second kappa shape index (κ2) is 5.71. The lowest BCUT2D eigenvalue weighted by atomic mass is 10.3. The van der Waals surface area contributed by atoms with Crippen molar-refractivity contribution in [1.29, 1.82) is 0 Å². The number of rotatable bonds is 6. The van der Waals surface area contributed by atoms with Crippen molar-refractivity contribution in [3.05, 3.63) is 0 Å². The zero-order valence-electron chi connectivity index (χ0n) is 7.91. The van der Waals surface area contributed by atoms with E-state index in [0.29, 0.717) is 6.61 Å². The van der Waals surface area contributed by atoms with Crippen LogP contribution in [0.5, 0.6) is 0 Å². The van der Waals surface area contributed by atoms with Crippen molar-refractivity contribution in [2.24, 2.45) is 0 Å². The summed E-state index contributed by atoms with van der Waals surface area (Å²) in [5, 5.41) is 16.5. The lowest BCUT2D eigenvalue weighted by molar-refractivity contribution is -0.00528. The molecule has 4 nitrogen and oxygen atoms in total. The molecular formula is C6H17BO4Si. The van der Waals surface area contributed by atoms with Gasteiger partial charge in [0.1, 0.15) is 6.79 Å². The third-order valence-electron chi connectivity index (χ3n) is 1.30. The maximum Gasteiger partial charge on any atom is 0.635 e. The van der Waals surface area contributed by atoms with Gasteiger partial charge in [0, 0.05) is 14.7 Å². The van der Waals surface area contributed by atoms with Crippen LogP contribution >= 0.6 is 0 Å². The highest BCUT2D eigenvalue weighted by Crippen LogP contribution is 2.07. The Kier molecular flexibility index (Phi) is 5.77. The van der Waals surface area contributed by atoms with Gasteiger partial charge in [0.2, 0.25) is 0 Å². The van der Waals surface area contributed by atoms with Gasteiger partial charge in [-0.05, 0) is 6.04 Å². The smallest absolute Gasteiger partial charge is 0.402 e.